The molecule has 0 saturated carbocycles. The van der Waals surface area contributed by atoms with Gasteiger partial charge in [-0.3, -0.25) is 0 Å². The summed E-state index contributed by atoms with van der Waals surface area (Å²) in [5.74, 6) is 0.501. The van der Waals surface area contributed by atoms with Crippen LogP contribution in [0.2, 0.25) is 0 Å². The van der Waals surface area contributed by atoms with Gasteiger partial charge in [0.2, 0.25) is 5.95 Å². The molecule has 9 heteroatoms. The first kappa shape index (κ1) is 21.9. The first-order valence-electron chi connectivity index (χ1n) is 9.11. The van der Waals surface area contributed by atoms with Gasteiger partial charge in [-0.25, -0.2) is 4.98 Å². The van der Waals surface area contributed by atoms with Crippen molar-refractivity contribution in [1.82, 2.24) is 9.97 Å². The minimum atomic E-state index is -4.59. The topological polar surface area (TPSA) is 50.3 Å². The maximum absolute atomic E-state index is 13.5. The lowest BCUT2D eigenvalue weighted by molar-refractivity contribution is -0.137. The monoisotopic (exact) mass is 480 g/mol. The van der Waals surface area contributed by atoms with Crippen LogP contribution < -0.4 is 15.0 Å². The van der Waals surface area contributed by atoms with Crippen molar-refractivity contribution < 1.29 is 17.9 Å². The van der Waals surface area contributed by atoms with Crippen LogP contribution in [0.4, 0.5) is 36.3 Å². The summed E-state index contributed by atoms with van der Waals surface area (Å²) in [7, 11) is 1.53. The summed E-state index contributed by atoms with van der Waals surface area (Å²) in [5, 5.41) is 2.94. The molecule has 0 aliphatic heterocycles. The second-order valence-electron chi connectivity index (χ2n) is 6.78. The van der Waals surface area contributed by atoms with Crippen LogP contribution in [0.5, 0.6) is 5.75 Å². The second kappa shape index (κ2) is 8.91. The van der Waals surface area contributed by atoms with Gasteiger partial charge in [0.25, 0.3) is 0 Å². The van der Waals surface area contributed by atoms with E-state index in [2.05, 4.69) is 31.2 Å². The van der Waals surface area contributed by atoms with Crippen molar-refractivity contribution in [2.45, 2.75) is 26.1 Å². The zero-order valence-electron chi connectivity index (χ0n) is 16.5. The van der Waals surface area contributed by atoms with Crippen LogP contribution in [-0.2, 0) is 6.18 Å². The Kier molecular flexibility index (Phi) is 6.50. The van der Waals surface area contributed by atoms with Gasteiger partial charge >= 0.3 is 6.18 Å². The van der Waals surface area contributed by atoms with Gasteiger partial charge in [-0.1, -0.05) is 15.9 Å². The van der Waals surface area contributed by atoms with E-state index in [9.17, 15) is 13.2 Å². The van der Waals surface area contributed by atoms with Crippen molar-refractivity contribution in [3.05, 3.63) is 64.8 Å². The van der Waals surface area contributed by atoms with Crippen LogP contribution in [-0.4, -0.2) is 23.1 Å². The van der Waals surface area contributed by atoms with Crippen molar-refractivity contribution in [3.63, 3.8) is 0 Å². The summed E-state index contributed by atoms with van der Waals surface area (Å²) in [6.07, 6.45) is -3.76. The summed E-state index contributed by atoms with van der Waals surface area (Å²) in [6, 6.07) is 13.9. The highest BCUT2D eigenvalue weighted by molar-refractivity contribution is 9.10. The van der Waals surface area contributed by atoms with Gasteiger partial charge in [0, 0.05) is 29.1 Å². The summed E-state index contributed by atoms with van der Waals surface area (Å²) < 4.78 is 47.1. The Morgan fingerprint density at radius 1 is 1.03 bits per heavy atom. The van der Waals surface area contributed by atoms with Gasteiger partial charge in [0.1, 0.15) is 11.3 Å². The zero-order chi connectivity index (χ0) is 21.9. The molecule has 5 nitrogen and oxygen atoms in total. The third-order valence-electron chi connectivity index (χ3n) is 4.09. The number of nitrogens with zero attached hydrogens (tertiary/aromatic N) is 3. The quantitative estimate of drug-likeness (QED) is 0.433. The number of hydrogen-bond acceptors (Lipinski definition) is 5. The lowest BCUT2D eigenvalue weighted by Gasteiger charge is -2.23. The van der Waals surface area contributed by atoms with Gasteiger partial charge in [-0.05, 0) is 62.4 Å². The predicted octanol–water partition coefficient (Wildman–Crippen LogP) is 6.56. The summed E-state index contributed by atoms with van der Waals surface area (Å²) in [4.78, 5) is 9.38. The molecule has 1 N–H and O–H groups in total. The largest absolute Gasteiger partial charge is 0.491 e. The van der Waals surface area contributed by atoms with Crippen LogP contribution in [0.1, 0.15) is 19.4 Å². The Morgan fingerprint density at radius 2 is 1.67 bits per heavy atom. The molecule has 0 spiro atoms. The highest BCUT2D eigenvalue weighted by atomic mass is 79.9. The molecular formula is C21H20BrF3N4O. The predicted molar refractivity (Wildman–Crippen MR) is 115 cm³/mol. The van der Waals surface area contributed by atoms with Gasteiger partial charge < -0.3 is 15.0 Å². The molecule has 1 heterocycles. The molecule has 3 aromatic rings. The normalized spacial score (nSPS) is 11.5. The number of alkyl halides is 3. The number of anilines is 4. The van der Waals surface area contributed by atoms with Gasteiger partial charge in [0.05, 0.1) is 6.10 Å². The van der Waals surface area contributed by atoms with Crippen molar-refractivity contribution >= 4 is 39.1 Å². The fourth-order valence-electron chi connectivity index (χ4n) is 2.69. The molecule has 0 radical (unpaired) electrons. The van der Waals surface area contributed by atoms with E-state index in [0.717, 1.165) is 10.7 Å². The molecule has 0 fully saturated rings. The molecule has 0 bridgehead atoms. The molecule has 2 aromatic carbocycles. The molecule has 0 unspecified atom stereocenters. The minimum Gasteiger partial charge on any atom is -0.491 e. The van der Waals surface area contributed by atoms with Crippen LogP contribution in [0.3, 0.4) is 0 Å². The molecule has 0 aliphatic rings. The minimum absolute atomic E-state index is 0.0405. The van der Waals surface area contributed by atoms with E-state index in [1.165, 1.54) is 11.9 Å². The van der Waals surface area contributed by atoms with E-state index >= 15 is 0 Å². The average Bonchev–Trinajstić information content (AvgIpc) is 2.68. The Bertz CT molecular complexity index is 993. The smallest absolute Gasteiger partial charge is 0.421 e. The highest BCUT2D eigenvalue weighted by Crippen LogP contribution is 2.38. The first-order chi connectivity index (χ1) is 14.1. The van der Waals surface area contributed by atoms with Crippen molar-refractivity contribution in [1.29, 1.82) is 0 Å². The van der Waals surface area contributed by atoms with Crippen LogP contribution in [0, 0.1) is 0 Å². The lowest BCUT2D eigenvalue weighted by atomic mass is 10.2. The second-order valence-corrected chi connectivity index (χ2v) is 7.70. The molecule has 0 atom stereocenters. The Labute approximate surface area is 181 Å². The fraction of sp³-hybridized carbons (Fsp3) is 0.238. The molecule has 158 valence electrons. The molecule has 30 heavy (non-hydrogen) atoms. The van der Waals surface area contributed by atoms with E-state index in [1.54, 1.807) is 48.5 Å². The number of aromatic nitrogens is 2. The maximum atomic E-state index is 13.5. The zero-order valence-corrected chi connectivity index (χ0v) is 18.1. The lowest BCUT2D eigenvalue weighted by Crippen LogP contribution is -2.19. The van der Waals surface area contributed by atoms with Crippen LogP contribution in [0.15, 0.2) is 59.2 Å². The third-order valence-corrected chi connectivity index (χ3v) is 4.62. The average molecular weight is 481 g/mol. The van der Waals surface area contributed by atoms with Crippen molar-refractivity contribution in [2.75, 3.05) is 17.3 Å². The van der Waals surface area contributed by atoms with E-state index in [1.807, 2.05) is 13.8 Å². The summed E-state index contributed by atoms with van der Waals surface area (Å²) >= 11 is 3.32. The summed E-state index contributed by atoms with van der Waals surface area (Å²) in [6.45, 7) is 3.84. The highest BCUT2D eigenvalue weighted by Gasteiger charge is 2.36. The van der Waals surface area contributed by atoms with Crippen molar-refractivity contribution in [2.24, 2.45) is 0 Å². The molecule has 1 aromatic heterocycles. The number of halogens is 4. The van der Waals surface area contributed by atoms with Crippen molar-refractivity contribution in [3.8, 4) is 5.75 Å². The van der Waals surface area contributed by atoms with E-state index in [0.29, 0.717) is 17.1 Å². The van der Waals surface area contributed by atoms with Crippen LogP contribution >= 0.6 is 15.9 Å². The molecular weight excluding hydrogens is 461 g/mol. The number of benzene rings is 2. The third kappa shape index (κ3) is 5.41. The summed E-state index contributed by atoms with van der Waals surface area (Å²) in [5.41, 5.74) is 0.269. The van der Waals surface area contributed by atoms with Gasteiger partial charge in [-0.2, -0.15) is 18.2 Å². The number of rotatable bonds is 6. The maximum Gasteiger partial charge on any atom is 0.421 e. The Morgan fingerprint density at radius 3 is 2.23 bits per heavy atom. The van der Waals surface area contributed by atoms with Gasteiger partial charge in [0.15, 0.2) is 5.82 Å². The standard InChI is InChI=1S/C21H20BrF3N4O/c1-13(2)30-17-10-6-15(7-11-17)27-20-26-12-18(21(23,24)25)19(28-20)29(3)16-8-4-14(22)5-9-16/h4-13H,1-3H3,(H,26,27,28). The van der Waals surface area contributed by atoms with E-state index in [-0.39, 0.29) is 17.9 Å². The fourth-order valence-corrected chi connectivity index (χ4v) is 2.96. The van der Waals surface area contributed by atoms with Crippen LogP contribution in [0.25, 0.3) is 0 Å². The number of hydrogen-bond donors (Lipinski definition) is 1. The van der Waals surface area contributed by atoms with E-state index in [4.69, 9.17) is 4.74 Å². The molecule has 0 saturated heterocycles. The molecule has 0 amide bonds. The number of nitrogens with one attached hydrogen (secondary N) is 1. The first-order valence-corrected chi connectivity index (χ1v) is 9.90. The Balaban J connectivity index is 1.91. The SMILES string of the molecule is CC(C)Oc1ccc(Nc2ncc(C(F)(F)F)c(N(C)c3ccc(Br)cc3)n2)cc1. The molecule has 0 aliphatic carbocycles. The van der Waals surface area contributed by atoms with E-state index < -0.39 is 11.7 Å². The molecule has 3 rings (SSSR count). The Hall–Kier alpha value is -2.81. The number of ether oxygens (including phenoxy) is 1. The van der Waals surface area contributed by atoms with Gasteiger partial charge in [-0.15, -0.1) is 0 Å².